The lowest BCUT2D eigenvalue weighted by Gasteiger charge is -2.31. The maximum atomic E-state index is 12.3. The fraction of sp³-hybridized carbons (Fsp3) is 0.840. The number of ether oxygens (including phenoxy) is 4. The third kappa shape index (κ3) is 19.5. The number of hydrogen-bond acceptors (Lipinski definition) is 12. The van der Waals surface area contributed by atoms with Crippen molar-refractivity contribution in [3.8, 4) is 0 Å². The highest BCUT2D eigenvalue weighted by Gasteiger charge is 2.38. The maximum Gasteiger partial charge on any atom is 0.305 e. The fourth-order valence-electron chi connectivity index (χ4n) is 3.13. The van der Waals surface area contributed by atoms with Gasteiger partial charge in [-0.05, 0) is 77.5 Å². The summed E-state index contributed by atoms with van der Waals surface area (Å²) in [5.41, 5.74) is 20.6. The van der Waals surface area contributed by atoms with E-state index in [0.29, 0.717) is 77.5 Å². The van der Waals surface area contributed by atoms with Crippen LogP contribution in [-0.4, -0.2) is 76.5 Å². The van der Waals surface area contributed by atoms with Gasteiger partial charge in [0.25, 0.3) is 0 Å². The van der Waals surface area contributed by atoms with Crippen LogP contribution >= 0.6 is 0 Å². The first kappa shape index (κ1) is 34.7. The van der Waals surface area contributed by atoms with Crippen LogP contribution in [0.3, 0.4) is 0 Å². The Kier molecular flexibility index (Phi) is 21.5. The highest BCUT2D eigenvalue weighted by Crippen LogP contribution is 2.23. The first-order valence-electron chi connectivity index (χ1n) is 13.2. The molecule has 0 amide bonds. The van der Waals surface area contributed by atoms with E-state index < -0.39 is 29.3 Å². The average Bonchev–Trinajstić information content (AvgIpc) is 2.88. The van der Waals surface area contributed by atoms with Crippen molar-refractivity contribution < 1.29 is 38.1 Å². The van der Waals surface area contributed by atoms with E-state index in [1.54, 1.807) is 0 Å². The van der Waals surface area contributed by atoms with Crippen LogP contribution in [0.15, 0.2) is 0 Å². The van der Waals surface area contributed by atoms with Gasteiger partial charge in [-0.3, -0.25) is 19.2 Å². The number of esters is 4. The molecule has 0 aromatic heterocycles. The zero-order valence-corrected chi connectivity index (χ0v) is 22.2. The van der Waals surface area contributed by atoms with Crippen molar-refractivity contribution in [1.82, 2.24) is 0 Å². The van der Waals surface area contributed by atoms with Gasteiger partial charge in [-0.1, -0.05) is 0 Å². The minimum atomic E-state index is -1.26. The van der Waals surface area contributed by atoms with Crippen molar-refractivity contribution in [1.29, 1.82) is 0 Å². The van der Waals surface area contributed by atoms with E-state index >= 15 is 0 Å². The molecule has 0 aliphatic carbocycles. The molecule has 12 nitrogen and oxygen atoms in total. The van der Waals surface area contributed by atoms with Crippen molar-refractivity contribution in [2.75, 3.05) is 52.6 Å². The van der Waals surface area contributed by atoms with Gasteiger partial charge < -0.3 is 41.9 Å². The Balaban J connectivity index is 5.45. The quantitative estimate of drug-likeness (QED) is 0.0767. The molecule has 0 saturated heterocycles. The van der Waals surface area contributed by atoms with Gasteiger partial charge in [-0.2, -0.15) is 0 Å². The Morgan fingerprint density at radius 1 is 0.405 bits per heavy atom. The molecule has 0 spiro atoms. The fourth-order valence-corrected chi connectivity index (χ4v) is 3.13. The lowest BCUT2D eigenvalue weighted by molar-refractivity contribution is -0.170. The number of unbranched alkanes of at least 4 members (excludes halogenated alkanes) is 4. The van der Waals surface area contributed by atoms with Gasteiger partial charge in [0.2, 0.25) is 0 Å². The van der Waals surface area contributed by atoms with E-state index in [1.165, 1.54) is 0 Å². The lowest BCUT2D eigenvalue weighted by Crippen LogP contribution is -2.44. The van der Waals surface area contributed by atoms with Crippen LogP contribution in [0.25, 0.3) is 0 Å². The largest absolute Gasteiger partial charge is 0.465 e. The summed E-state index contributed by atoms with van der Waals surface area (Å²) in [6.45, 7) is 0.755. The topological polar surface area (TPSA) is 209 Å². The summed E-state index contributed by atoms with van der Waals surface area (Å²) < 4.78 is 21.8. The standard InChI is InChI=1S/C25H48N4O8/c26-13-5-1-9-21(30)34-17-25(18-35-22(31)10-2-6-14-27,19-36-23(32)11-3-7-15-28)20-37-24(33)12-4-8-16-29/h1-20,26-29H2. The third-order valence-corrected chi connectivity index (χ3v) is 5.50. The normalized spacial score (nSPS) is 11.1. The van der Waals surface area contributed by atoms with Gasteiger partial charge in [0.05, 0.1) is 0 Å². The summed E-state index contributed by atoms with van der Waals surface area (Å²) in [7, 11) is 0. The molecule has 37 heavy (non-hydrogen) atoms. The summed E-state index contributed by atoms with van der Waals surface area (Å²) in [5, 5.41) is 0. The Hall–Kier alpha value is -2.28. The third-order valence-electron chi connectivity index (χ3n) is 5.50. The summed E-state index contributed by atoms with van der Waals surface area (Å²) >= 11 is 0. The molecule has 8 N–H and O–H groups in total. The van der Waals surface area contributed by atoms with E-state index in [0.717, 1.165) is 0 Å². The van der Waals surface area contributed by atoms with E-state index in [1.807, 2.05) is 0 Å². The SMILES string of the molecule is NCCCCC(=O)OCC(COC(=O)CCCCN)(COC(=O)CCCCN)COC(=O)CCCCN. The first-order chi connectivity index (χ1) is 17.8. The molecule has 12 heteroatoms. The van der Waals surface area contributed by atoms with Crippen LogP contribution in [0.5, 0.6) is 0 Å². The Bertz CT molecular complexity index is 539. The van der Waals surface area contributed by atoms with Crippen molar-refractivity contribution in [2.24, 2.45) is 28.3 Å². The van der Waals surface area contributed by atoms with E-state index in [4.69, 9.17) is 41.9 Å². The van der Waals surface area contributed by atoms with Crippen LogP contribution in [0, 0.1) is 5.41 Å². The predicted molar refractivity (Wildman–Crippen MR) is 138 cm³/mol. The molecule has 0 fully saturated rings. The van der Waals surface area contributed by atoms with Crippen LogP contribution in [0.1, 0.15) is 77.0 Å². The Morgan fingerprint density at radius 3 is 0.811 bits per heavy atom. The summed E-state index contributed by atoms with van der Waals surface area (Å²) in [6.07, 6.45) is 5.54. The van der Waals surface area contributed by atoms with E-state index in [-0.39, 0.29) is 52.1 Å². The number of nitrogens with two attached hydrogens (primary N) is 4. The molecule has 0 radical (unpaired) electrons. The molecular formula is C25H48N4O8. The molecule has 0 unspecified atom stereocenters. The number of hydrogen-bond donors (Lipinski definition) is 4. The Morgan fingerprint density at radius 2 is 0.622 bits per heavy atom. The first-order valence-corrected chi connectivity index (χ1v) is 13.2. The smallest absolute Gasteiger partial charge is 0.305 e. The lowest BCUT2D eigenvalue weighted by atomic mass is 9.92. The van der Waals surface area contributed by atoms with Gasteiger partial charge in [0.1, 0.15) is 31.8 Å². The average molecular weight is 533 g/mol. The second kappa shape index (κ2) is 22.9. The van der Waals surface area contributed by atoms with Crippen LogP contribution in [0.4, 0.5) is 0 Å². The van der Waals surface area contributed by atoms with Gasteiger partial charge in [-0.15, -0.1) is 0 Å². The van der Waals surface area contributed by atoms with E-state index in [2.05, 4.69) is 0 Å². The van der Waals surface area contributed by atoms with Crippen molar-refractivity contribution >= 4 is 23.9 Å². The minimum Gasteiger partial charge on any atom is -0.465 e. The molecule has 0 aliphatic heterocycles. The van der Waals surface area contributed by atoms with Crippen LogP contribution in [0.2, 0.25) is 0 Å². The monoisotopic (exact) mass is 532 g/mol. The summed E-state index contributed by atoms with van der Waals surface area (Å²) in [4.78, 5) is 49.1. The van der Waals surface area contributed by atoms with Crippen molar-refractivity contribution in [3.63, 3.8) is 0 Å². The van der Waals surface area contributed by atoms with Gasteiger partial charge in [0.15, 0.2) is 0 Å². The molecule has 0 aromatic carbocycles. The Labute approximate surface area is 220 Å². The predicted octanol–water partition coefficient (Wildman–Crippen LogP) is 0.662. The number of carbonyl (C=O) groups is 4. The summed E-state index contributed by atoms with van der Waals surface area (Å²) in [6, 6.07) is 0. The highest BCUT2D eigenvalue weighted by atomic mass is 16.6. The molecule has 0 saturated carbocycles. The number of rotatable bonds is 24. The molecule has 0 rings (SSSR count). The molecule has 0 aliphatic rings. The van der Waals surface area contributed by atoms with Crippen molar-refractivity contribution in [3.05, 3.63) is 0 Å². The van der Waals surface area contributed by atoms with Gasteiger partial charge in [-0.25, -0.2) is 0 Å². The number of carbonyl (C=O) groups excluding carboxylic acids is 4. The molecule has 216 valence electrons. The zero-order valence-electron chi connectivity index (χ0n) is 22.2. The van der Waals surface area contributed by atoms with Gasteiger partial charge >= 0.3 is 23.9 Å². The van der Waals surface area contributed by atoms with E-state index in [9.17, 15) is 19.2 Å². The molecule has 0 heterocycles. The van der Waals surface area contributed by atoms with Crippen LogP contribution < -0.4 is 22.9 Å². The molecule has 0 atom stereocenters. The molecule has 0 bridgehead atoms. The highest BCUT2D eigenvalue weighted by molar-refractivity contribution is 5.71. The molecule has 0 aromatic rings. The zero-order chi connectivity index (χ0) is 27.8. The molecular weight excluding hydrogens is 484 g/mol. The summed E-state index contributed by atoms with van der Waals surface area (Å²) in [5.74, 6) is -1.91. The maximum absolute atomic E-state index is 12.3. The second-order valence-electron chi connectivity index (χ2n) is 9.13. The van der Waals surface area contributed by atoms with Gasteiger partial charge in [0, 0.05) is 25.7 Å². The second-order valence-corrected chi connectivity index (χ2v) is 9.13. The van der Waals surface area contributed by atoms with Crippen LogP contribution in [-0.2, 0) is 38.1 Å². The van der Waals surface area contributed by atoms with Crippen molar-refractivity contribution in [2.45, 2.75) is 77.0 Å². The minimum absolute atomic E-state index is 0.157.